The van der Waals surface area contributed by atoms with Crippen molar-refractivity contribution >= 4 is 23.4 Å². The van der Waals surface area contributed by atoms with Gasteiger partial charge in [-0.05, 0) is 47.7 Å². The predicted octanol–water partition coefficient (Wildman–Crippen LogP) is 5.78. The molecule has 0 atom stereocenters. The third kappa shape index (κ3) is 6.09. The van der Waals surface area contributed by atoms with Crippen molar-refractivity contribution in [2.75, 3.05) is 12.4 Å². The Hall–Kier alpha value is -2.31. The number of nitrogens with zero attached hydrogens (tertiary/aromatic N) is 2. The third-order valence-electron chi connectivity index (χ3n) is 4.18. The highest BCUT2D eigenvalue weighted by molar-refractivity contribution is 7.99. The number of halogens is 2. The zero-order valence-electron chi connectivity index (χ0n) is 17.2. The van der Waals surface area contributed by atoms with Gasteiger partial charge in [0.2, 0.25) is 0 Å². The van der Waals surface area contributed by atoms with Crippen molar-refractivity contribution in [3.63, 3.8) is 0 Å². The Balaban J connectivity index is 1.72. The molecule has 3 aromatic rings. The van der Waals surface area contributed by atoms with E-state index in [1.54, 1.807) is 36.7 Å². The van der Waals surface area contributed by atoms with Gasteiger partial charge in [-0.15, -0.1) is 11.8 Å². The minimum absolute atomic E-state index is 0.0156. The van der Waals surface area contributed by atoms with E-state index in [0.717, 1.165) is 5.56 Å². The summed E-state index contributed by atoms with van der Waals surface area (Å²) in [6, 6.07) is 11.7. The van der Waals surface area contributed by atoms with Crippen LogP contribution in [0.5, 0.6) is 5.75 Å². The molecular formula is C23H24ClFN2O2S. The van der Waals surface area contributed by atoms with Gasteiger partial charge >= 0.3 is 0 Å². The summed E-state index contributed by atoms with van der Waals surface area (Å²) in [5, 5.41) is 0.832. The van der Waals surface area contributed by atoms with E-state index in [-0.39, 0.29) is 16.8 Å². The summed E-state index contributed by atoms with van der Waals surface area (Å²) in [6.07, 6.45) is 3.84. The highest BCUT2D eigenvalue weighted by atomic mass is 35.5. The molecule has 0 radical (unpaired) electrons. The Labute approximate surface area is 185 Å². The van der Waals surface area contributed by atoms with Crippen LogP contribution in [0.25, 0.3) is 5.69 Å². The number of hydrogen-bond acceptors (Lipinski definition) is 4. The molecule has 2 aromatic carbocycles. The minimum Gasteiger partial charge on any atom is -0.491 e. The lowest BCUT2D eigenvalue weighted by Gasteiger charge is -2.19. The Morgan fingerprint density at radius 2 is 2.00 bits per heavy atom. The van der Waals surface area contributed by atoms with Gasteiger partial charge in [0.25, 0.3) is 5.56 Å². The van der Waals surface area contributed by atoms with Crippen molar-refractivity contribution in [1.29, 1.82) is 0 Å². The van der Waals surface area contributed by atoms with Crippen molar-refractivity contribution in [3.8, 4) is 11.4 Å². The van der Waals surface area contributed by atoms with Crippen molar-refractivity contribution in [2.45, 2.75) is 32.2 Å². The molecule has 0 saturated carbocycles. The van der Waals surface area contributed by atoms with Crippen molar-refractivity contribution < 1.29 is 9.13 Å². The molecule has 1 heterocycles. The highest BCUT2D eigenvalue weighted by Gasteiger charge is 2.14. The molecule has 0 spiro atoms. The molecule has 0 fully saturated rings. The van der Waals surface area contributed by atoms with Gasteiger partial charge in [-0.1, -0.05) is 44.5 Å². The average molecular weight is 447 g/mol. The molecule has 0 aliphatic heterocycles. The van der Waals surface area contributed by atoms with Crippen molar-refractivity contribution in [1.82, 2.24) is 9.55 Å². The van der Waals surface area contributed by atoms with Crippen LogP contribution in [0, 0.1) is 11.2 Å². The second-order valence-electron chi connectivity index (χ2n) is 8.10. The van der Waals surface area contributed by atoms with Crippen LogP contribution >= 0.6 is 23.4 Å². The van der Waals surface area contributed by atoms with Crippen LogP contribution in [0.4, 0.5) is 4.39 Å². The zero-order valence-corrected chi connectivity index (χ0v) is 18.8. The first-order valence-electron chi connectivity index (χ1n) is 9.60. The van der Waals surface area contributed by atoms with Crippen LogP contribution in [0.2, 0.25) is 5.02 Å². The van der Waals surface area contributed by atoms with Gasteiger partial charge in [-0.2, -0.15) is 0 Å². The molecule has 4 nitrogen and oxygen atoms in total. The zero-order chi connectivity index (χ0) is 21.7. The van der Waals surface area contributed by atoms with E-state index in [9.17, 15) is 9.18 Å². The molecule has 7 heteroatoms. The maximum atomic E-state index is 13.3. The molecule has 158 valence electrons. The van der Waals surface area contributed by atoms with Gasteiger partial charge in [0, 0.05) is 18.1 Å². The van der Waals surface area contributed by atoms with E-state index < -0.39 is 0 Å². The van der Waals surface area contributed by atoms with Crippen LogP contribution in [0.3, 0.4) is 0 Å². The average Bonchev–Trinajstić information content (AvgIpc) is 2.68. The van der Waals surface area contributed by atoms with E-state index >= 15 is 0 Å². The molecule has 0 amide bonds. The maximum absolute atomic E-state index is 13.3. The van der Waals surface area contributed by atoms with Crippen LogP contribution in [0.1, 0.15) is 26.3 Å². The number of aromatic nitrogens is 2. The quantitative estimate of drug-likeness (QED) is 0.431. The second-order valence-corrected chi connectivity index (χ2v) is 9.59. The van der Waals surface area contributed by atoms with Gasteiger partial charge in [-0.3, -0.25) is 9.36 Å². The molecule has 0 unspecified atom stereocenters. The van der Waals surface area contributed by atoms with E-state index in [1.165, 1.54) is 28.5 Å². The first-order valence-corrected chi connectivity index (χ1v) is 11.0. The normalized spacial score (nSPS) is 11.5. The molecular weight excluding hydrogens is 423 g/mol. The lowest BCUT2D eigenvalue weighted by atomic mass is 9.99. The summed E-state index contributed by atoms with van der Waals surface area (Å²) in [5.41, 5.74) is 1.32. The SMILES string of the molecule is CC(C)(C)COc1ccc(-n2ccnc(SCCc3cccc(F)c3)c2=O)cc1Cl. The predicted molar refractivity (Wildman–Crippen MR) is 121 cm³/mol. The summed E-state index contributed by atoms with van der Waals surface area (Å²) < 4.78 is 20.6. The van der Waals surface area contributed by atoms with E-state index in [1.807, 2.05) is 6.07 Å². The Kier molecular flexibility index (Phi) is 7.21. The molecule has 0 aliphatic rings. The third-order valence-corrected chi connectivity index (χ3v) is 5.44. The summed E-state index contributed by atoms with van der Waals surface area (Å²) in [4.78, 5) is 17.1. The van der Waals surface area contributed by atoms with E-state index in [0.29, 0.717) is 40.3 Å². The Morgan fingerprint density at radius 3 is 2.70 bits per heavy atom. The number of thioether (sulfide) groups is 1. The summed E-state index contributed by atoms with van der Waals surface area (Å²) in [7, 11) is 0. The summed E-state index contributed by atoms with van der Waals surface area (Å²) in [6.45, 7) is 6.78. The fourth-order valence-corrected chi connectivity index (χ4v) is 3.82. The van der Waals surface area contributed by atoms with E-state index in [4.69, 9.17) is 16.3 Å². The summed E-state index contributed by atoms with van der Waals surface area (Å²) >= 11 is 7.72. The fourth-order valence-electron chi connectivity index (χ4n) is 2.70. The first-order chi connectivity index (χ1) is 14.2. The lowest BCUT2D eigenvalue weighted by Crippen LogP contribution is -2.21. The van der Waals surface area contributed by atoms with Gasteiger partial charge < -0.3 is 4.74 Å². The maximum Gasteiger partial charge on any atom is 0.287 e. The topological polar surface area (TPSA) is 44.1 Å². The van der Waals surface area contributed by atoms with Gasteiger partial charge in [0.15, 0.2) is 5.03 Å². The monoisotopic (exact) mass is 446 g/mol. The van der Waals surface area contributed by atoms with E-state index in [2.05, 4.69) is 25.8 Å². The number of aryl methyl sites for hydroxylation is 1. The second kappa shape index (κ2) is 9.67. The highest BCUT2D eigenvalue weighted by Crippen LogP contribution is 2.28. The van der Waals surface area contributed by atoms with Crippen molar-refractivity contribution in [3.05, 3.63) is 81.6 Å². The molecule has 0 saturated heterocycles. The Morgan fingerprint density at radius 1 is 1.20 bits per heavy atom. The van der Waals surface area contributed by atoms with Crippen LogP contribution < -0.4 is 10.3 Å². The smallest absolute Gasteiger partial charge is 0.287 e. The van der Waals surface area contributed by atoms with Gasteiger partial charge in [0.05, 0.1) is 17.3 Å². The largest absolute Gasteiger partial charge is 0.491 e. The first kappa shape index (κ1) is 22.4. The molecule has 1 aromatic heterocycles. The van der Waals surface area contributed by atoms with Crippen LogP contribution in [-0.2, 0) is 6.42 Å². The molecule has 0 N–H and O–H groups in total. The molecule has 30 heavy (non-hydrogen) atoms. The number of rotatable bonds is 7. The lowest BCUT2D eigenvalue weighted by molar-refractivity contribution is 0.198. The number of hydrogen-bond donors (Lipinski definition) is 0. The molecule has 3 rings (SSSR count). The number of ether oxygens (including phenoxy) is 1. The Bertz CT molecular complexity index is 1080. The fraction of sp³-hybridized carbons (Fsp3) is 0.304. The van der Waals surface area contributed by atoms with Crippen molar-refractivity contribution in [2.24, 2.45) is 5.41 Å². The number of benzene rings is 2. The van der Waals surface area contributed by atoms with Crippen LogP contribution in [0.15, 0.2) is 64.7 Å². The van der Waals surface area contributed by atoms with Gasteiger partial charge in [0.1, 0.15) is 11.6 Å². The molecule has 0 aliphatic carbocycles. The van der Waals surface area contributed by atoms with Crippen LogP contribution in [-0.4, -0.2) is 21.9 Å². The molecule has 0 bridgehead atoms. The standard InChI is InChI=1S/C23H24ClFN2O2S/c1-23(2,3)15-29-20-8-7-18(14-19(20)24)27-11-10-26-21(22(27)28)30-12-9-16-5-4-6-17(25)13-16/h4-8,10-11,13-14H,9,12,15H2,1-3H3. The van der Waals surface area contributed by atoms with Gasteiger partial charge in [-0.25, -0.2) is 9.37 Å². The summed E-state index contributed by atoms with van der Waals surface area (Å²) in [5.74, 6) is 0.947. The minimum atomic E-state index is -0.260.